The van der Waals surface area contributed by atoms with Crippen molar-refractivity contribution in [3.63, 3.8) is 0 Å². The number of hydrogen-bond acceptors (Lipinski definition) is 8. The van der Waals surface area contributed by atoms with Crippen LogP contribution >= 0.6 is 11.3 Å². The number of fused-ring (bicyclic) bond motifs is 1. The molecule has 1 aliphatic heterocycles. The number of aliphatic hydroxyl groups excluding tert-OH is 1. The molecule has 11 heteroatoms. The summed E-state index contributed by atoms with van der Waals surface area (Å²) in [7, 11) is 1.74. The SMILES string of the molecule is C[C@H](CO)N1C[C@H](C)[C@H](CN(C)S(=O)(=O)c2cccs2)OCCCC[C@H](C)Oc2ccc(N(C)C)cc2C1=O. The second-order valence-electron chi connectivity index (χ2n) is 10.6. The van der Waals surface area contributed by atoms with Crippen molar-refractivity contribution in [3.8, 4) is 5.75 Å². The molecular weight excluding hydrogens is 538 g/mol. The molecule has 1 aromatic carbocycles. The summed E-state index contributed by atoms with van der Waals surface area (Å²) in [4.78, 5) is 17.6. The van der Waals surface area contributed by atoms with E-state index >= 15 is 0 Å². The predicted molar refractivity (Wildman–Crippen MR) is 155 cm³/mol. The number of nitrogens with zero attached hydrogens (tertiary/aromatic N) is 3. The van der Waals surface area contributed by atoms with Crippen LogP contribution in [0.5, 0.6) is 5.75 Å². The van der Waals surface area contributed by atoms with Gasteiger partial charge in [0.2, 0.25) is 0 Å². The van der Waals surface area contributed by atoms with E-state index in [0.29, 0.717) is 17.9 Å². The van der Waals surface area contributed by atoms with E-state index in [9.17, 15) is 18.3 Å². The van der Waals surface area contributed by atoms with Gasteiger partial charge in [-0.15, -0.1) is 11.3 Å². The molecular formula is C28H43N3O6S2. The van der Waals surface area contributed by atoms with E-state index < -0.39 is 22.2 Å². The van der Waals surface area contributed by atoms with Gasteiger partial charge in [-0.3, -0.25) is 4.79 Å². The van der Waals surface area contributed by atoms with Crippen molar-refractivity contribution in [2.75, 3.05) is 52.3 Å². The fourth-order valence-corrected chi connectivity index (χ4v) is 6.95. The number of amides is 1. The van der Waals surface area contributed by atoms with Crippen LogP contribution in [0.1, 0.15) is 50.4 Å². The molecule has 4 atom stereocenters. The van der Waals surface area contributed by atoms with Gasteiger partial charge < -0.3 is 24.4 Å². The van der Waals surface area contributed by atoms with Crippen molar-refractivity contribution in [2.24, 2.45) is 5.92 Å². The summed E-state index contributed by atoms with van der Waals surface area (Å²) in [6.45, 7) is 6.44. The van der Waals surface area contributed by atoms with Crippen LogP contribution in [-0.2, 0) is 14.8 Å². The van der Waals surface area contributed by atoms with Gasteiger partial charge in [-0.05, 0) is 62.8 Å². The quantitative estimate of drug-likeness (QED) is 0.529. The van der Waals surface area contributed by atoms with Crippen LogP contribution in [0, 0.1) is 5.92 Å². The number of sulfonamides is 1. The Labute approximate surface area is 237 Å². The molecule has 0 fully saturated rings. The average molecular weight is 582 g/mol. The van der Waals surface area contributed by atoms with Gasteiger partial charge in [-0.2, -0.15) is 4.31 Å². The molecule has 0 bridgehead atoms. The highest BCUT2D eigenvalue weighted by Crippen LogP contribution is 2.29. The molecule has 39 heavy (non-hydrogen) atoms. The standard InChI is InChI=1S/C28H43N3O6S2/c1-20-17-31(21(2)19-32)28(33)24-16-23(29(4)5)12-13-25(24)37-22(3)10-7-8-14-36-26(20)18-30(6)39(34,35)27-11-9-15-38-27/h9,11-13,15-16,20-22,26,32H,7-8,10,14,17-19H2,1-6H3/t20-,21+,22-,26-/m0/s1. The van der Waals surface area contributed by atoms with Gasteiger partial charge in [0.15, 0.2) is 0 Å². The van der Waals surface area contributed by atoms with E-state index in [1.807, 2.05) is 51.0 Å². The first-order chi connectivity index (χ1) is 18.4. The number of benzene rings is 1. The molecule has 3 rings (SSSR count). The number of aliphatic hydroxyl groups is 1. The Bertz CT molecular complexity index is 1170. The van der Waals surface area contributed by atoms with Crippen molar-refractivity contribution < 1.29 is 27.8 Å². The van der Waals surface area contributed by atoms with Crippen molar-refractivity contribution >= 4 is 33.0 Å². The number of rotatable bonds is 7. The third-order valence-electron chi connectivity index (χ3n) is 7.15. The van der Waals surface area contributed by atoms with Gasteiger partial charge in [0.05, 0.1) is 30.4 Å². The summed E-state index contributed by atoms with van der Waals surface area (Å²) in [5.74, 6) is 0.0596. The smallest absolute Gasteiger partial charge is 0.258 e. The maximum atomic E-state index is 14.0. The largest absolute Gasteiger partial charge is 0.490 e. The van der Waals surface area contributed by atoms with E-state index in [2.05, 4.69) is 0 Å². The zero-order valence-electron chi connectivity index (χ0n) is 23.9. The van der Waals surface area contributed by atoms with Gasteiger partial charge >= 0.3 is 0 Å². The first-order valence-electron chi connectivity index (χ1n) is 13.5. The first-order valence-corrected chi connectivity index (χ1v) is 15.8. The Balaban J connectivity index is 1.96. The summed E-state index contributed by atoms with van der Waals surface area (Å²) < 4.78 is 40.4. The number of hydrogen-bond donors (Lipinski definition) is 1. The maximum absolute atomic E-state index is 14.0. The third-order valence-corrected chi connectivity index (χ3v) is 10.3. The minimum Gasteiger partial charge on any atom is -0.490 e. The third kappa shape index (κ3) is 7.94. The second-order valence-corrected chi connectivity index (χ2v) is 13.8. The fraction of sp³-hybridized carbons (Fsp3) is 0.607. The number of likely N-dealkylation sites (N-methyl/N-ethyl adjacent to an activating group) is 1. The molecule has 2 aromatic rings. The van der Waals surface area contributed by atoms with Crippen LogP contribution < -0.4 is 9.64 Å². The van der Waals surface area contributed by atoms with Crippen molar-refractivity contribution in [1.29, 1.82) is 0 Å². The zero-order valence-corrected chi connectivity index (χ0v) is 25.5. The average Bonchev–Trinajstić information content (AvgIpc) is 3.45. The van der Waals surface area contributed by atoms with Crippen molar-refractivity contribution in [2.45, 2.75) is 62.5 Å². The molecule has 1 N–H and O–H groups in total. The molecule has 2 heterocycles. The molecule has 0 saturated heterocycles. The Kier molecular flexibility index (Phi) is 11.2. The Hall–Kier alpha value is -2.18. The highest BCUT2D eigenvalue weighted by atomic mass is 32.2. The number of thiophene rings is 1. The van der Waals surface area contributed by atoms with E-state index in [-0.39, 0.29) is 41.8 Å². The number of ether oxygens (including phenoxy) is 2. The minimum atomic E-state index is -3.65. The number of anilines is 1. The Morgan fingerprint density at radius 2 is 1.92 bits per heavy atom. The summed E-state index contributed by atoms with van der Waals surface area (Å²) in [5.41, 5.74) is 1.30. The van der Waals surface area contributed by atoms with Crippen LogP contribution in [0.4, 0.5) is 5.69 Å². The molecule has 1 aliphatic rings. The molecule has 1 aromatic heterocycles. The van der Waals surface area contributed by atoms with Crippen LogP contribution in [0.25, 0.3) is 0 Å². The van der Waals surface area contributed by atoms with E-state index in [1.165, 1.54) is 15.6 Å². The first kappa shape index (κ1) is 31.3. The highest BCUT2D eigenvalue weighted by molar-refractivity contribution is 7.91. The Morgan fingerprint density at radius 3 is 2.56 bits per heavy atom. The van der Waals surface area contributed by atoms with Crippen molar-refractivity contribution in [3.05, 3.63) is 41.3 Å². The van der Waals surface area contributed by atoms with Crippen LogP contribution in [0.15, 0.2) is 39.9 Å². The zero-order chi connectivity index (χ0) is 28.7. The van der Waals surface area contributed by atoms with Gasteiger partial charge in [0.25, 0.3) is 15.9 Å². The molecule has 0 radical (unpaired) electrons. The second kappa shape index (κ2) is 13.9. The van der Waals surface area contributed by atoms with Gasteiger partial charge in [-0.25, -0.2) is 8.42 Å². The highest BCUT2D eigenvalue weighted by Gasteiger charge is 2.32. The van der Waals surface area contributed by atoms with Crippen LogP contribution in [0.3, 0.4) is 0 Å². The van der Waals surface area contributed by atoms with Crippen molar-refractivity contribution in [1.82, 2.24) is 9.21 Å². The monoisotopic (exact) mass is 581 g/mol. The molecule has 0 spiro atoms. The fourth-order valence-electron chi connectivity index (χ4n) is 4.57. The molecule has 218 valence electrons. The van der Waals surface area contributed by atoms with E-state index in [0.717, 1.165) is 24.9 Å². The lowest BCUT2D eigenvalue weighted by molar-refractivity contribution is -0.00832. The lowest BCUT2D eigenvalue weighted by Gasteiger charge is -2.35. The van der Waals surface area contributed by atoms with Gasteiger partial charge in [-0.1, -0.05) is 13.0 Å². The predicted octanol–water partition coefficient (Wildman–Crippen LogP) is 3.93. The molecule has 9 nitrogen and oxygen atoms in total. The van der Waals surface area contributed by atoms with Crippen LogP contribution in [-0.4, -0.2) is 94.3 Å². The Morgan fingerprint density at radius 1 is 1.18 bits per heavy atom. The molecule has 1 amide bonds. The summed E-state index contributed by atoms with van der Waals surface area (Å²) >= 11 is 1.18. The summed E-state index contributed by atoms with van der Waals surface area (Å²) in [6, 6.07) is 8.45. The lowest BCUT2D eigenvalue weighted by Crippen LogP contribution is -2.48. The lowest BCUT2D eigenvalue weighted by atomic mass is 10.0. The van der Waals surface area contributed by atoms with Gasteiger partial charge in [0.1, 0.15) is 9.96 Å². The topological polar surface area (TPSA) is 99.6 Å². The van der Waals surface area contributed by atoms with Gasteiger partial charge in [0, 0.05) is 52.4 Å². The normalized spacial score (nSPS) is 22.6. The minimum absolute atomic E-state index is 0.106. The summed E-state index contributed by atoms with van der Waals surface area (Å²) in [6.07, 6.45) is 1.91. The van der Waals surface area contributed by atoms with E-state index in [1.54, 1.807) is 36.4 Å². The molecule has 0 saturated carbocycles. The van der Waals surface area contributed by atoms with Crippen LogP contribution in [0.2, 0.25) is 0 Å². The number of carbonyl (C=O) groups excluding carboxylic acids is 1. The molecule has 0 unspecified atom stereocenters. The maximum Gasteiger partial charge on any atom is 0.258 e. The summed E-state index contributed by atoms with van der Waals surface area (Å²) in [5, 5.41) is 11.8. The molecule has 0 aliphatic carbocycles. The van der Waals surface area contributed by atoms with E-state index in [4.69, 9.17) is 9.47 Å². The number of carbonyl (C=O) groups is 1.